The van der Waals surface area contributed by atoms with E-state index in [0.29, 0.717) is 11.2 Å². The van der Waals surface area contributed by atoms with E-state index in [1.54, 1.807) is 0 Å². The molecule has 0 aromatic heterocycles. The Labute approximate surface area is 109 Å². The molecular weight excluding hydrogens is 240 g/mol. The van der Waals surface area contributed by atoms with Gasteiger partial charge in [0, 0.05) is 16.9 Å². The van der Waals surface area contributed by atoms with Crippen LogP contribution in [0.25, 0.3) is 0 Å². The molecule has 0 unspecified atom stereocenters. The van der Waals surface area contributed by atoms with Crippen molar-refractivity contribution >= 4 is 27.6 Å². The maximum Gasteiger partial charge on any atom is 0.305 e. The Bertz CT molecular complexity index is 176. The summed E-state index contributed by atoms with van der Waals surface area (Å²) in [6, 6.07) is 0. The van der Waals surface area contributed by atoms with E-state index in [2.05, 4.69) is 25.5 Å². The molecule has 0 radical (unpaired) electrons. The van der Waals surface area contributed by atoms with Crippen molar-refractivity contribution < 1.29 is 9.53 Å². The number of esters is 1. The highest BCUT2D eigenvalue weighted by Gasteiger charge is 2.10. The second-order valence-electron chi connectivity index (χ2n) is 4.40. The molecule has 0 bridgehead atoms. The summed E-state index contributed by atoms with van der Waals surface area (Å²) in [7, 11) is 5.30. The van der Waals surface area contributed by atoms with E-state index in [4.69, 9.17) is 0 Å². The Balaban J connectivity index is 0. The van der Waals surface area contributed by atoms with Crippen LogP contribution in [0, 0.1) is 0 Å². The summed E-state index contributed by atoms with van der Waals surface area (Å²) in [6.07, 6.45) is 3.82. The van der Waals surface area contributed by atoms with Crippen molar-refractivity contribution in [2.75, 3.05) is 12.9 Å². The Morgan fingerprint density at radius 2 is 1.81 bits per heavy atom. The van der Waals surface area contributed by atoms with Gasteiger partial charge in [-0.25, -0.2) is 0 Å². The molecule has 0 aliphatic heterocycles. The summed E-state index contributed by atoms with van der Waals surface area (Å²) in [5.74, 6) is 1.08. The third kappa shape index (κ3) is 14.2. The second-order valence-corrected chi connectivity index (χ2v) is 7.65. The number of methoxy groups -OCH3 is 1. The fourth-order valence-corrected chi connectivity index (χ4v) is 3.35. The van der Waals surface area contributed by atoms with Crippen LogP contribution in [0.5, 0.6) is 0 Å². The number of hydrogen-bond acceptors (Lipinski definition) is 4. The molecule has 0 aromatic rings. The van der Waals surface area contributed by atoms with E-state index in [-0.39, 0.29) is 13.4 Å². The first-order chi connectivity index (χ1) is 6.95. The van der Waals surface area contributed by atoms with Crippen molar-refractivity contribution in [3.05, 3.63) is 0 Å². The topological polar surface area (TPSA) is 26.3 Å². The zero-order valence-electron chi connectivity index (χ0n) is 10.2. The molecule has 0 N–H and O–H groups in total. The molecule has 0 fully saturated rings. The summed E-state index contributed by atoms with van der Waals surface area (Å²) >= 11 is 0. The van der Waals surface area contributed by atoms with Crippen LogP contribution in [0.1, 0.15) is 53.9 Å². The van der Waals surface area contributed by atoms with Crippen molar-refractivity contribution in [3.63, 3.8) is 0 Å². The highest BCUT2D eigenvalue weighted by molar-refractivity contribution is 8.77. The fourth-order valence-electron chi connectivity index (χ4n) is 0.928. The Morgan fingerprint density at radius 3 is 2.31 bits per heavy atom. The average Bonchev–Trinajstić information content (AvgIpc) is 2.14. The van der Waals surface area contributed by atoms with Crippen LogP contribution in [0.2, 0.25) is 0 Å². The van der Waals surface area contributed by atoms with Gasteiger partial charge >= 0.3 is 5.97 Å². The quantitative estimate of drug-likeness (QED) is 0.384. The van der Waals surface area contributed by atoms with Crippen molar-refractivity contribution in [1.29, 1.82) is 0 Å². The minimum Gasteiger partial charge on any atom is -0.469 e. The predicted octanol–water partition coefficient (Wildman–Crippen LogP) is 4.54. The lowest BCUT2D eigenvalue weighted by Gasteiger charge is -2.15. The Kier molecular flexibility index (Phi) is 12.0. The van der Waals surface area contributed by atoms with Gasteiger partial charge in [0.05, 0.1) is 7.11 Å². The molecular formula is C12H26O2S2. The monoisotopic (exact) mass is 266 g/mol. The number of carbonyl (C=O) groups is 1. The van der Waals surface area contributed by atoms with Gasteiger partial charge in [0.25, 0.3) is 0 Å². The van der Waals surface area contributed by atoms with Crippen LogP contribution in [-0.2, 0) is 9.53 Å². The maximum atomic E-state index is 10.8. The van der Waals surface area contributed by atoms with Gasteiger partial charge in [0.2, 0.25) is 0 Å². The minimum atomic E-state index is -0.0910. The van der Waals surface area contributed by atoms with Gasteiger partial charge in [-0.1, -0.05) is 56.2 Å². The summed E-state index contributed by atoms with van der Waals surface area (Å²) < 4.78 is 4.92. The largest absolute Gasteiger partial charge is 0.469 e. The molecule has 0 rings (SSSR count). The van der Waals surface area contributed by atoms with Gasteiger partial charge in [0.1, 0.15) is 0 Å². The Morgan fingerprint density at radius 1 is 1.19 bits per heavy atom. The van der Waals surface area contributed by atoms with E-state index >= 15 is 0 Å². The normalized spacial score (nSPS) is 10.8. The standard InChI is InChI=1S/C11H22O2S2.CH4/c1-11(2,3)15-14-9-7-5-6-8-10(12)13-4;/h5-9H2,1-4H3;1H4. The first kappa shape index (κ1) is 18.5. The van der Waals surface area contributed by atoms with Crippen molar-refractivity contribution in [2.24, 2.45) is 0 Å². The van der Waals surface area contributed by atoms with Gasteiger partial charge in [-0.05, 0) is 12.8 Å². The van der Waals surface area contributed by atoms with E-state index in [9.17, 15) is 4.79 Å². The molecule has 0 heterocycles. The summed E-state index contributed by atoms with van der Waals surface area (Å²) in [5.41, 5.74) is 0. The summed E-state index contributed by atoms with van der Waals surface area (Å²) in [5, 5.41) is 0. The molecule has 0 aliphatic rings. The molecule has 0 spiro atoms. The smallest absolute Gasteiger partial charge is 0.305 e. The zero-order valence-corrected chi connectivity index (χ0v) is 11.8. The SMILES string of the molecule is C.COC(=O)CCCCCSSC(C)(C)C. The lowest BCUT2D eigenvalue weighted by molar-refractivity contribution is -0.140. The van der Waals surface area contributed by atoms with Crippen LogP contribution in [-0.4, -0.2) is 23.6 Å². The van der Waals surface area contributed by atoms with E-state index in [1.165, 1.54) is 19.3 Å². The van der Waals surface area contributed by atoms with E-state index in [1.807, 2.05) is 21.6 Å². The molecule has 2 nitrogen and oxygen atoms in total. The van der Waals surface area contributed by atoms with Crippen LogP contribution < -0.4 is 0 Å². The number of hydrogen-bond donors (Lipinski definition) is 0. The third-order valence-corrected chi connectivity index (χ3v) is 5.07. The average molecular weight is 266 g/mol. The maximum absolute atomic E-state index is 10.8. The lowest BCUT2D eigenvalue weighted by Crippen LogP contribution is -2.04. The third-order valence-electron chi connectivity index (χ3n) is 1.65. The molecule has 0 aliphatic carbocycles. The first-order valence-corrected chi connectivity index (χ1v) is 7.65. The molecule has 0 saturated carbocycles. The van der Waals surface area contributed by atoms with E-state index < -0.39 is 0 Å². The van der Waals surface area contributed by atoms with Crippen LogP contribution >= 0.6 is 21.6 Å². The number of carbonyl (C=O) groups excluding carboxylic acids is 1. The number of ether oxygens (including phenoxy) is 1. The van der Waals surface area contributed by atoms with Crippen molar-refractivity contribution in [3.8, 4) is 0 Å². The van der Waals surface area contributed by atoms with Gasteiger partial charge < -0.3 is 4.74 Å². The van der Waals surface area contributed by atoms with Crippen LogP contribution in [0.4, 0.5) is 0 Å². The van der Waals surface area contributed by atoms with Gasteiger partial charge in [-0.15, -0.1) is 0 Å². The Hall–Kier alpha value is 0.170. The van der Waals surface area contributed by atoms with Gasteiger partial charge in [0.15, 0.2) is 0 Å². The van der Waals surface area contributed by atoms with Crippen molar-refractivity contribution in [1.82, 2.24) is 0 Å². The second kappa shape index (κ2) is 10.3. The highest BCUT2D eigenvalue weighted by atomic mass is 33.1. The van der Waals surface area contributed by atoms with Gasteiger partial charge in [-0.2, -0.15) is 0 Å². The fraction of sp³-hybridized carbons (Fsp3) is 0.917. The summed E-state index contributed by atoms with van der Waals surface area (Å²) in [4.78, 5) is 10.8. The van der Waals surface area contributed by atoms with Crippen LogP contribution in [0.3, 0.4) is 0 Å². The number of rotatable bonds is 7. The predicted molar refractivity (Wildman–Crippen MR) is 77.0 cm³/mol. The molecule has 4 heteroatoms. The van der Waals surface area contributed by atoms with Crippen LogP contribution in [0.15, 0.2) is 0 Å². The zero-order chi connectivity index (χ0) is 11.7. The first-order valence-electron chi connectivity index (χ1n) is 5.33. The molecule has 0 saturated heterocycles. The number of unbranched alkanes of at least 4 members (excludes halogenated alkanes) is 2. The van der Waals surface area contributed by atoms with Gasteiger partial charge in [-0.3, -0.25) is 4.79 Å². The minimum absolute atomic E-state index is 0. The summed E-state index contributed by atoms with van der Waals surface area (Å²) in [6.45, 7) is 6.67. The lowest BCUT2D eigenvalue weighted by atomic mass is 10.2. The molecule has 0 amide bonds. The molecule has 98 valence electrons. The molecule has 0 atom stereocenters. The molecule has 16 heavy (non-hydrogen) atoms. The van der Waals surface area contributed by atoms with Crippen molar-refractivity contribution in [2.45, 2.75) is 58.6 Å². The molecule has 0 aromatic carbocycles. The van der Waals surface area contributed by atoms with E-state index in [0.717, 1.165) is 12.8 Å². The highest BCUT2D eigenvalue weighted by Crippen LogP contribution is 2.35.